The van der Waals surface area contributed by atoms with E-state index in [0.29, 0.717) is 0 Å². The highest BCUT2D eigenvalue weighted by molar-refractivity contribution is 7.98. The monoisotopic (exact) mass is 247 g/mol. The summed E-state index contributed by atoms with van der Waals surface area (Å²) in [5.74, 6) is 2.01. The maximum absolute atomic E-state index is 5.74. The van der Waals surface area contributed by atoms with Crippen molar-refractivity contribution in [2.45, 2.75) is 31.0 Å². The van der Waals surface area contributed by atoms with Crippen LogP contribution < -0.4 is 5.73 Å². The molecule has 2 N–H and O–H groups in total. The van der Waals surface area contributed by atoms with E-state index in [9.17, 15) is 0 Å². The maximum atomic E-state index is 5.74. The molecule has 4 heteroatoms. The fourth-order valence-corrected chi connectivity index (χ4v) is 2.72. The van der Waals surface area contributed by atoms with Crippen LogP contribution in [0.1, 0.15) is 18.3 Å². The Kier molecular flexibility index (Phi) is 3.74. The average Bonchev–Trinajstić information content (AvgIpc) is 2.75. The van der Waals surface area contributed by atoms with Gasteiger partial charge >= 0.3 is 0 Å². The summed E-state index contributed by atoms with van der Waals surface area (Å²) in [7, 11) is 0. The second kappa shape index (κ2) is 5.27. The number of thioether (sulfide) groups is 1. The van der Waals surface area contributed by atoms with Crippen LogP contribution in [0.3, 0.4) is 0 Å². The summed E-state index contributed by atoms with van der Waals surface area (Å²) in [5.41, 5.74) is 7.79. The fraction of sp³-hybridized carbons (Fsp3) is 0.308. The highest BCUT2D eigenvalue weighted by atomic mass is 32.2. The normalized spacial score (nSPS) is 10.7. The minimum atomic E-state index is 0.821. The lowest BCUT2D eigenvalue weighted by Gasteiger charge is -2.07. The molecule has 0 amide bonds. The maximum Gasteiger partial charge on any atom is 0.119 e. The zero-order chi connectivity index (χ0) is 12.3. The second-order valence-electron chi connectivity index (χ2n) is 3.94. The molecule has 0 radical (unpaired) electrons. The van der Waals surface area contributed by atoms with E-state index in [2.05, 4.69) is 29.5 Å². The van der Waals surface area contributed by atoms with E-state index in [-0.39, 0.29) is 0 Å². The molecule has 0 spiro atoms. The van der Waals surface area contributed by atoms with Crippen molar-refractivity contribution in [2.24, 2.45) is 0 Å². The van der Waals surface area contributed by atoms with E-state index in [0.717, 1.165) is 23.8 Å². The van der Waals surface area contributed by atoms with Crippen LogP contribution in [0, 0.1) is 6.92 Å². The van der Waals surface area contributed by atoms with E-state index in [4.69, 9.17) is 5.73 Å². The molecule has 1 heterocycles. The molecular formula is C13H17N3S. The van der Waals surface area contributed by atoms with Crippen molar-refractivity contribution in [1.82, 2.24) is 9.55 Å². The number of nitrogens with two attached hydrogens (primary N) is 1. The van der Waals surface area contributed by atoms with Gasteiger partial charge in [-0.1, -0.05) is 0 Å². The molecule has 1 aromatic carbocycles. The summed E-state index contributed by atoms with van der Waals surface area (Å²) in [5, 5.41) is 0. The quantitative estimate of drug-likeness (QED) is 0.667. The minimum Gasteiger partial charge on any atom is -0.399 e. The third kappa shape index (κ3) is 2.82. The summed E-state index contributed by atoms with van der Waals surface area (Å²) in [6.07, 6.45) is 3.88. The van der Waals surface area contributed by atoms with Gasteiger partial charge in [-0.2, -0.15) is 0 Å². The number of aryl methyl sites for hydroxylation is 2. The predicted octanol–water partition coefficient (Wildman–Crippen LogP) is 3.09. The molecule has 90 valence electrons. The summed E-state index contributed by atoms with van der Waals surface area (Å²) in [4.78, 5) is 5.64. The van der Waals surface area contributed by atoms with Crippen LogP contribution in [-0.4, -0.2) is 9.55 Å². The number of rotatable bonds is 4. The van der Waals surface area contributed by atoms with Gasteiger partial charge in [-0.15, -0.1) is 11.8 Å². The number of imidazole rings is 1. The molecule has 0 unspecified atom stereocenters. The minimum absolute atomic E-state index is 0.821. The molecule has 0 aliphatic rings. The van der Waals surface area contributed by atoms with Crippen molar-refractivity contribution in [1.29, 1.82) is 0 Å². The van der Waals surface area contributed by atoms with Gasteiger partial charge < -0.3 is 10.3 Å². The molecule has 0 atom stereocenters. The van der Waals surface area contributed by atoms with Gasteiger partial charge in [0.05, 0.1) is 5.75 Å². The Labute approximate surface area is 106 Å². The third-order valence-electron chi connectivity index (χ3n) is 2.70. The highest BCUT2D eigenvalue weighted by Crippen LogP contribution is 2.26. The van der Waals surface area contributed by atoms with Crippen molar-refractivity contribution in [2.75, 3.05) is 5.73 Å². The lowest BCUT2D eigenvalue weighted by Crippen LogP contribution is -1.99. The van der Waals surface area contributed by atoms with Crippen molar-refractivity contribution in [3.63, 3.8) is 0 Å². The zero-order valence-corrected chi connectivity index (χ0v) is 11.0. The van der Waals surface area contributed by atoms with E-state index >= 15 is 0 Å². The summed E-state index contributed by atoms with van der Waals surface area (Å²) in [6, 6.07) is 6.03. The van der Waals surface area contributed by atoms with Crippen LogP contribution in [-0.2, 0) is 12.3 Å². The second-order valence-corrected chi connectivity index (χ2v) is 4.96. The molecule has 0 saturated heterocycles. The van der Waals surface area contributed by atoms with Gasteiger partial charge in [0.1, 0.15) is 5.82 Å². The van der Waals surface area contributed by atoms with Crippen LogP contribution in [0.15, 0.2) is 35.5 Å². The first kappa shape index (κ1) is 12.0. The Hall–Kier alpha value is -1.42. The molecule has 17 heavy (non-hydrogen) atoms. The molecule has 0 aliphatic heterocycles. The number of hydrogen-bond acceptors (Lipinski definition) is 3. The molecule has 2 rings (SSSR count). The summed E-state index contributed by atoms with van der Waals surface area (Å²) < 4.78 is 2.17. The SMILES string of the molecule is CCn1ccnc1CSc1ccc(N)cc1C. The van der Waals surface area contributed by atoms with E-state index in [1.54, 1.807) is 11.8 Å². The number of nitrogens with zero attached hydrogens (tertiary/aromatic N) is 2. The smallest absolute Gasteiger partial charge is 0.119 e. The van der Waals surface area contributed by atoms with Gasteiger partial charge in [-0.25, -0.2) is 4.98 Å². The molecule has 1 aromatic heterocycles. The van der Waals surface area contributed by atoms with Crippen LogP contribution in [0.5, 0.6) is 0 Å². The first-order chi connectivity index (χ1) is 8.20. The largest absolute Gasteiger partial charge is 0.399 e. The summed E-state index contributed by atoms with van der Waals surface area (Å²) >= 11 is 1.80. The molecule has 0 fully saturated rings. The molecule has 0 bridgehead atoms. The lowest BCUT2D eigenvalue weighted by molar-refractivity contribution is 0.725. The van der Waals surface area contributed by atoms with E-state index < -0.39 is 0 Å². The number of benzene rings is 1. The van der Waals surface area contributed by atoms with Gasteiger partial charge in [0.2, 0.25) is 0 Å². The van der Waals surface area contributed by atoms with Crippen molar-refractivity contribution < 1.29 is 0 Å². The Morgan fingerprint density at radius 3 is 2.94 bits per heavy atom. The standard InChI is InChI=1S/C13H17N3S/c1-3-16-7-6-15-13(16)9-17-12-5-4-11(14)8-10(12)2/h4-8H,3,9,14H2,1-2H3. The zero-order valence-electron chi connectivity index (χ0n) is 10.2. The number of hydrogen-bond donors (Lipinski definition) is 1. The number of nitrogen functional groups attached to an aromatic ring is 1. The van der Waals surface area contributed by atoms with Crippen molar-refractivity contribution >= 4 is 17.4 Å². The van der Waals surface area contributed by atoms with Crippen LogP contribution in [0.2, 0.25) is 0 Å². The topological polar surface area (TPSA) is 43.8 Å². The van der Waals surface area contributed by atoms with Gasteiger partial charge in [0, 0.05) is 29.5 Å². The molecule has 3 nitrogen and oxygen atoms in total. The fourth-order valence-electron chi connectivity index (χ4n) is 1.74. The Morgan fingerprint density at radius 2 is 2.24 bits per heavy atom. The lowest BCUT2D eigenvalue weighted by atomic mass is 10.2. The first-order valence-electron chi connectivity index (χ1n) is 5.69. The van der Waals surface area contributed by atoms with Gasteiger partial charge in [-0.3, -0.25) is 0 Å². The Bertz CT molecular complexity index is 505. The molecular weight excluding hydrogens is 230 g/mol. The van der Waals surface area contributed by atoms with Crippen molar-refractivity contribution in [3.05, 3.63) is 42.0 Å². The molecule has 2 aromatic rings. The average molecular weight is 247 g/mol. The number of anilines is 1. The van der Waals surface area contributed by atoms with Crippen LogP contribution in [0.4, 0.5) is 5.69 Å². The van der Waals surface area contributed by atoms with Gasteiger partial charge in [0.25, 0.3) is 0 Å². The van der Waals surface area contributed by atoms with Crippen LogP contribution in [0.25, 0.3) is 0 Å². The first-order valence-corrected chi connectivity index (χ1v) is 6.68. The summed E-state index contributed by atoms with van der Waals surface area (Å²) in [6.45, 7) is 5.19. The Morgan fingerprint density at radius 1 is 1.41 bits per heavy atom. The van der Waals surface area contributed by atoms with Crippen LogP contribution >= 0.6 is 11.8 Å². The molecule has 0 saturated carbocycles. The van der Waals surface area contributed by atoms with Gasteiger partial charge in [0.15, 0.2) is 0 Å². The number of aromatic nitrogens is 2. The third-order valence-corrected chi connectivity index (χ3v) is 3.87. The van der Waals surface area contributed by atoms with E-state index in [1.165, 1.54) is 10.5 Å². The Balaban J connectivity index is 2.07. The van der Waals surface area contributed by atoms with E-state index in [1.807, 2.05) is 24.5 Å². The van der Waals surface area contributed by atoms with Crippen molar-refractivity contribution in [3.8, 4) is 0 Å². The molecule has 0 aliphatic carbocycles. The van der Waals surface area contributed by atoms with Gasteiger partial charge in [-0.05, 0) is 37.6 Å². The predicted molar refractivity (Wildman–Crippen MR) is 73.1 cm³/mol. The highest BCUT2D eigenvalue weighted by Gasteiger charge is 2.04.